The Bertz CT molecular complexity index is 636. The van der Waals surface area contributed by atoms with Gasteiger partial charge in [0.25, 0.3) is 0 Å². The fourth-order valence-electron chi connectivity index (χ4n) is 7.98. The van der Waals surface area contributed by atoms with Crippen LogP contribution in [-0.4, -0.2) is 19.9 Å². The molecule has 3 heteroatoms. The predicted molar refractivity (Wildman–Crippen MR) is 92.8 cm³/mol. The van der Waals surface area contributed by atoms with E-state index in [1.807, 2.05) is 0 Å². The lowest BCUT2D eigenvalue weighted by Gasteiger charge is -2.63. The van der Waals surface area contributed by atoms with E-state index >= 15 is 0 Å². The maximum Gasteiger partial charge on any atom is 0.151 e. The SMILES string of the molecule is O=S1(=O)C[C@]23CC=CC[C@]2(C1)[C@H]1[C@@H](CC[C@@H]2CCCC[C@H]21)CC3. The first kappa shape index (κ1) is 15.0. The molecule has 4 aliphatic carbocycles. The minimum Gasteiger partial charge on any atom is -0.229 e. The molecular formula is C20H30O2S. The molecule has 0 unspecified atom stereocenters. The Morgan fingerprint density at radius 3 is 2.52 bits per heavy atom. The van der Waals surface area contributed by atoms with Crippen LogP contribution in [0.4, 0.5) is 0 Å². The first-order valence-electron chi connectivity index (χ1n) is 9.91. The number of sulfone groups is 1. The zero-order chi connectivity index (χ0) is 15.7. The Labute approximate surface area is 141 Å². The molecule has 0 aromatic carbocycles. The Morgan fingerprint density at radius 2 is 1.61 bits per heavy atom. The molecule has 6 atom stereocenters. The van der Waals surface area contributed by atoms with E-state index in [4.69, 9.17) is 0 Å². The molecule has 2 nitrogen and oxygen atoms in total. The first-order chi connectivity index (χ1) is 11.1. The molecule has 1 saturated heterocycles. The first-order valence-corrected chi connectivity index (χ1v) is 11.7. The van der Waals surface area contributed by atoms with Crippen molar-refractivity contribution < 1.29 is 8.42 Å². The van der Waals surface area contributed by atoms with E-state index in [2.05, 4.69) is 12.2 Å². The maximum atomic E-state index is 12.8. The largest absolute Gasteiger partial charge is 0.229 e. The summed E-state index contributed by atoms with van der Waals surface area (Å²) in [5.41, 5.74) is 0.200. The van der Waals surface area contributed by atoms with Gasteiger partial charge in [0.05, 0.1) is 11.5 Å². The van der Waals surface area contributed by atoms with Gasteiger partial charge in [0.2, 0.25) is 0 Å². The summed E-state index contributed by atoms with van der Waals surface area (Å²) in [6.07, 6.45) is 17.6. The third-order valence-electron chi connectivity index (χ3n) is 8.66. The topological polar surface area (TPSA) is 34.1 Å². The molecule has 0 N–H and O–H groups in total. The summed E-state index contributed by atoms with van der Waals surface area (Å²) >= 11 is 0. The van der Waals surface area contributed by atoms with Gasteiger partial charge in [-0.05, 0) is 79.4 Å². The van der Waals surface area contributed by atoms with Crippen molar-refractivity contribution in [1.82, 2.24) is 0 Å². The minimum atomic E-state index is -2.86. The highest BCUT2D eigenvalue weighted by atomic mass is 32.2. The quantitative estimate of drug-likeness (QED) is 0.617. The number of allylic oxidation sites excluding steroid dienone is 2. The molecular weight excluding hydrogens is 304 g/mol. The van der Waals surface area contributed by atoms with Gasteiger partial charge in [-0.15, -0.1) is 0 Å². The van der Waals surface area contributed by atoms with Gasteiger partial charge in [-0.1, -0.05) is 31.4 Å². The Hall–Kier alpha value is -0.310. The minimum absolute atomic E-state index is 0.0983. The number of fused-ring (bicyclic) bond motifs is 3. The molecule has 5 aliphatic rings. The molecule has 5 rings (SSSR count). The van der Waals surface area contributed by atoms with Crippen molar-refractivity contribution in [3.63, 3.8) is 0 Å². The average Bonchev–Trinajstić information content (AvgIpc) is 2.80. The Morgan fingerprint density at radius 1 is 0.826 bits per heavy atom. The fourth-order valence-corrected chi connectivity index (χ4v) is 10.9. The molecule has 0 spiro atoms. The molecule has 1 aliphatic heterocycles. The molecule has 0 aromatic rings. The maximum absolute atomic E-state index is 12.8. The summed E-state index contributed by atoms with van der Waals surface area (Å²) in [6, 6.07) is 0. The zero-order valence-corrected chi connectivity index (χ0v) is 15.0. The lowest BCUT2D eigenvalue weighted by molar-refractivity contribution is -0.125. The van der Waals surface area contributed by atoms with Crippen molar-refractivity contribution in [1.29, 1.82) is 0 Å². The van der Waals surface area contributed by atoms with Crippen molar-refractivity contribution >= 4 is 9.84 Å². The lowest BCUT2D eigenvalue weighted by Crippen LogP contribution is -2.58. The monoisotopic (exact) mass is 334 g/mol. The average molecular weight is 335 g/mol. The third-order valence-corrected chi connectivity index (χ3v) is 10.6. The Balaban J connectivity index is 1.64. The van der Waals surface area contributed by atoms with Crippen LogP contribution in [0.25, 0.3) is 0 Å². The van der Waals surface area contributed by atoms with Gasteiger partial charge in [0.15, 0.2) is 9.84 Å². The van der Waals surface area contributed by atoms with E-state index < -0.39 is 9.84 Å². The molecule has 0 bridgehead atoms. The second-order valence-electron chi connectivity index (χ2n) is 9.46. The summed E-state index contributed by atoms with van der Waals surface area (Å²) in [4.78, 5) is 0. The van der Waals surface area contributed by atoms with Crippen LogP contribution in [0.3, 0.4) is 0 Å². The summed E-state index contributed by atoms with van der Waals surface area (Å²) in [5.74, 6) is 4.27. The van der Waals surface area contributed by atoms with Crippen LogP contribution < -0.4 is 0 Å². The van der Waals surface area contributed by atoms with Crippen LogP contribution >= 0.6 is 0 Å². The number of rotatable bonds is 0. The van der Waals surface area contributed by atoms with E-state index in [1.165, 1.54) is 51.4 Å². The van der Waals surface area contributed by atoms with Gasteiger partial charge in [-0.2, -0.15) is 0 Å². The molecule has 128 valence electrons. The van der Waals surface area contributed by atoms with Crippen molar-refractivity contribution in [3.8, 4) is 0 Å². The number of hydrogen-bond acceptors (Lipinski definition) is 2. The standard InChI is InChI=1S/C20H30O2S/c21-23(22)13-19-10-3-4-11-20(19,14-23)18-16(9-12-19)8-7-15-5-1-2-6-17(15)18/h3-4,15-18H,1-2,5-14H2/t15-,16-,17+,18-,19+,20-/m0/s1. The molecule has 4 fully saturated rings. The van der Waals surface area contributed by atoms with Gasteiger partial charge in [-0.3, -0.25) is 0 Å². The van der Waals surface area contributed by atoms with E-state index in [0.717, 1.165) is 30.6 Å². The van der Waals surface area contributed by atoms with Crippen LogP contribution in [0.2, 0.25) is 0 Å². The smallest absolute Gasteiger partial charge is 0.151 e. The highest BCUT2D eigenvalue weighted by Crippen LogP contribution is 2.70. The van der Waals surface area contributed by atoms with Crippen LogP contribution in [-0.2, 0) is 9.84 Å². The Kier molecular flexibility index (Phi) is 3.17. The van der Waals surface area contributed by atoms with Crippen molar-refractivity contribution in [2.24, 2.45) is 34.5 Å². The summed E-state index contributed by atoms with van der Waals surface area (Å²) in [6.45, 7) is 0. The second-order valence-corrected chi connectivity index (χ2v) is 11.5. The summed E-state index contributed by atoms with van der Waals surface area (Å²) < 4.78 is 25.5. The predicted octanol–water partition coefficient (Wildman–Crippen LogP) is 4.36. The van der Waals surface area contributed by atoms with Crippen LogP contribution in [0.1, 0.15) is 64.2 Å². The van der Waals surface area contributed by atoms with Crippen molar-refractivity contribution in [2.45, 2.75) is 64.2 Å². The molecule has 3 saturated carbocycles. The van der Waals surface area contributed by atoms with Gasteiger partial charge in [0.1, 0.15) is 0 Å². The van der Waals surface area contributed by atoms with E-state index in [-0.39, 0.29) is 10.8 Å². The summed E-state index contributed by atoms with van der Waals surface area (Å²) in [7, 11) is -2.86. The van der Waals surface area contributed by atoms with Crippen LogP contribution in [0.15, 0.2) is 12.2 Å². The van der Waals surface area contributed by atoms with E-state index in [0.29, 0.717) is 17.4 Å². The molecule has 0 radical (unpaired) electrons. The zero-order valence-electron chi connectivity index (χ0n) is 14.2. The molecule has 1 heterocycles. The second kappa shape index (κ2) is 4.86. The van der Waals surface area contributed by atoms with Crippen LogP contribution in [0.5, 0.6) is 0 Å². The van der Waals surface area contributed by atoms with E-state index in [9.17, 15) is 8.42 Å². The van der Waals surface area contributed by atoms with Crippen LogP contribution in [0, 0.1) is 34.5 Å². The fraction of sp³-hybridized carbons (Fsp3) is 0.900. The van der Waals surface area contributed by atoms with Gasteiger partial charge >= 0.3 is 0 Å². The normalized spacial score (nSPS) is 53.7. The third kappa shape index (κ3) is 1.95. The molecule has 0 aromatic heterocycles. The highest BCUT2D eigenvalue weighted by Gasteiger charge is 2.68. The lowest BCUT2D eigenvalue weighted by atomic mass is 9.41. The molecule has 23 heavy (non-hydrogen) atoms. The summed E-state index contributed by atoms with van der Waals surface area (Å²) in [5, 5.41) is 0. The van der Waals surface area contributed by atoms with E-state index in [1.54, 1.807) is 0 Å². The number of hydrogen-bond donors (Lipinski definition) is 0. The molecule has 0 amide bonds. The van der Waals surface area contributed by atoms with Gasteiger partial charge in [0, 0.05) is 0 Å². The van der Waals surface area contributed by atoms with Crippen molar-refractivity contribution in [3.05, 3.63) is 12.2 Å². The highest BCUT2D eigenvalue weighted by molar-refractivity contribution is 7.91. The van der Waals surface area contributed by atoms with Crippen molar-refractivity contribution in [2.75, 3.05) is 11.5 Å². The van der Waals surface area contributed by atoms with Gasteiger partial charge < -0.3 is 0 Å². The van der Waals surface area contributed by atoms with Gasteiger partial charge in [-0.25, -0.2) is 8.42 Å².